The molecule has 1 aliphatic carbocycles. The van der Waals surface area contributed by atoms with Gasteiger partial charge in [0, 0.05) is 7.05 Å². The third kappa shape index (κ3) is 0.978. The lowest BCUT2D eigenvalue weighted by Crippen LogP contribution is -2.48. The first kappa shape index (κ1) is 8.77. The standard InChI is InChI=1S/C12H14N2O/c1-8-4-3-5-9-10(8)14(2)12(6-7-12)11(15)13-9/h3-5H,6-7H2,1-2H3,(H,13,15). The van der Waals surface area contributed by atoms with Gasteiger partial charge in [0.05, 0.1) is 11.4 Å². The van der Waals surface area contributed by atoms with Crippen LogP contribution in [0.1, 0.15) is 18.4 Å². The fourth-order valence-corrected chi connectivity index (χ4v) is 2.49. The summed E-state index contributed by atoms with van der Waals surface area (Å²) in [6.45, 7) is 2.09. The largest absolute Gasteiger partial charge is 0.358 e. The van der Waals surface area contributed by atoms with Crippen LogP contribution in [0.5, 0.6) is 0 Å². The average Bonchev–Trinajstić information content (AvgIpc) is 2.96. The van der Waals surface area contributed by atoms with Crippen molar-refractivity contribution in [3.05, 3.63) is 23.8 Å². The molecule has 0 unspecified atom stereocenters. The molecule has 0 bridgehead atoms. The van der Waals surface area contributed by atoms with Crippen LogP contribution in [0, 0.1) is 6.92 Å². The first-order valence-corrected chi connectivity index (χ1v) is 5.30. The number of benzene rings is 1. The second-order valence-electron chi connectivity index (χ2n) is 4.52. The van der Waals surface area contributed by atoms with Gasteiger partial charge in [0.1, 0.15) is 5.54 Å². The van der Waals surface area contributed by atoms with Crippen molar-refractivity contribution in [2.24, 2.45) is 0 Å². The summed E-state index contributed by atoms with van der Waals surface area (Å²) in [6, 6.07) is 6.03. The molecule has 78 valence electrons. The Hall–Kier alpha value is -1.51. The highest BCUT2D eigenvalue weighted by atomic mass is 16.2. The van der Waals surface area contributed by atoms with Crippen molar-refractivity contribution < 1.29 is 4.79 Å². The van der Waals surface area contributed by atoms with Crippen LogP contribution in [-0.4, -0.2) is 18.5 Å². The molecule has 1 heterocycles. The summed E-state index contributed by atoms with van der Waals surface area (Å²) in [5.74, 6) is 0.156. The van der Waals surface area contributed by atoms with Crippen LogP contribution in [0.15, 0.2) is 18.2 Å². The van der Waals surface area contributed by atoms with Gasteiger partial charge in [-0.15, -0.1) is 0 Å². The fourth-order valence-electron chi connectivity index (χ4n) is 2.49. The van der Waals surface area contributed by atoms with E-state index in [-0.39, 0.29) is 11.4 Å². The van der Waals surface area contributed by atoms with Gasteiger partial charge in [0.15, 0.2) is 0 Å². The number of fused-ring (bicyclic) bond motifs is 1. The van der Waals surface area contributed by atoms with E-state index in [0.29, 0.717) is 0 Å². The van der Waals surface area contributed by atoms with Gasteiger partial charge in [-0.2, -0.15) is 0 Å². The minimum atomic E-state index is -0.237. The molecule has 1 fully saturated rings. The van der Waals surface area contributed by atoms with Crippen LogP contribution >= 0.6 is 0 Å². The van der Waals surface area contributed by atoms with Gasteiger partial charge in [-0.1, -0.05) is 12.1 Å². The number of hydrogen-bond acceptors (Lipinski definition) is 2. The minimum Gasteiger partial charge on any atom is -0.358 e. The summed E-state index contributed by atoms with van der Waals surface area (Å²) >= 11 is 0. The smallest absolute Gasteiger partial charge is 0.250 e. The summed E-state index contributed by atoms with van der Waals surface area (Å²) < 4.78 is 0. The van der Waals surface area contributed by atoms with E-state index in [4.69, 9.17) is 0 Å². The van der Waals surface area contributed by atoms with Gasteiger partial charge in [-0.05, 0) is 31.4 Å². The molecule has 15 heavy (non-hydrogen) atoms. The van der Waals surface area contributed by atoms with E-state index < -0.39 is 0 Å². The monoisotopic (exact) mass is 202 g/mol. The predicted molar refractivity (Wildman–Crippen MR) is 60.2 cm³/mol. The molecular formula is C12H14N2O. The average molecular weight is 202 g/mol. The van der Waals surface area contributed by atoms with E-state index in [1.165, 1.54) is 11.3 Å². The van der Waals surface area contributed by atoms with Gasteiger partial charge >= 0.3 is 0 Å². The topological polar surface area (TPSA) is 32.3 Å². The predicted octanol–water partition coefficient (Wildman–Crippen LogP) is 1.92. The Morgan fingerprint density at radius 3 is 2.80 bits per heavy atom. The fraction of sp³-hybridized carbons (Fsp3) is 0.417. The number of para-hydroxylation sites is 1. The Labute approximate surface area is 89.1 Å². The molecule has 3 nitrogen and oxygen atoms in total. The maximum atomic E-state index is 11.9. The number of anilines is 2. The second kappa shape index (κ2) is 2.54. The van der Waals surface area contributed by atoms with E-state index in [2.05, 4.69) is 23.2 Å². The van der Waals surface area contributed by atoms with Gasteiger partial charge in [0.2, 0.25) is 5.91 Å². The Morgan fingerprint density at radius 2 is 2.13 bits per heavy atom. The van der Waals surface area contributed by atoms with Gasteiger partial charge in [-0.3, -0.25) is 4.79 Å². The Kier molecular flexibility index (Phi) is 1.48. The highest BCUT2D eigenvalue weighted by Crippen LogP contribution is 2.49. The molecule has 1 amide bonds. The van der Waals surface area contributed by atoms with E-state index >= 15 is 0 Å². The molecule has 0 atom stereocenters. The number of likely N-dealkylation sites (N-methyl/N-ethyl adjacent to an activating group) is 1. The second-order valence-corrected chi connectivity index (χ2v) is 4.52. The molecule has 1 spiro atoms. The minimum absolute atomic E-state index is 0.156. The van der Waals surface area contributed by atoms with Crippen molar-refractivity contribution in [1.29, 1.82) is 0 Å². The van der Waals surface area contributed by atoms with Gasteiger partial charge in [-0.25, -0.2) is 0 Å². The van der Waals surface area contributed by atoms with Crippen molar-refractivity contribution in [3.8, 4) is 0 Å². The van der Waals surface area contributed by atoms with E-state index in [1.54, 1.807) is 0 Å². The van der Waals surface area contributed by atoms with Crippen molar-refractivity contribution in [2.75, 3.05) is 17.3 Å². The SMILES string of the molecule is Cc1cccc2c1N(C)C1(CC1)C(=O)N2. The third-order valence-electron chi connectivity index (χ3n) is 3.61. The van der Waals surface area contributed by atoms with Crippen LogP contribution in [0.3, 0.4) is 0 Å². The van der Waals surface area contributed by atoms with E-state index in [0.717, 1.165) is 18.5 Å². The summed E-state index contributed by atoms with van der Waals surface area (Å²) in [5.41, 5.74) is 3.11. The summed E-state index contributed by atoms with van der Waals surface area (Å²) in [6.07, 6.45) is 1.95. The third-order valence-corrected chi connectivity index (χ3v) is 3.61. The van der Waals surface area contributed by atoms with Crippen LogP contribution in [0.2, 0.25) is 0 Å². The molecule has 1 N–H and O–H groups in total. The summed E-state index contributed by atoms with van der Waals surface area (Å²) in [7, 11) is 2.03. The summed E-state index contributed by atoms with van der Waals surface area (Å²) in [5, 5.41) is 3.00. The van der Waals surface area contributed by atoms with E-state index in [9.17, 15) is 4.79 Å². The highest BCUT2D eigenvalue weighted by Gasteiger charge is 2.56. The van der Waals surface area contributed by atoms with Crippen LogP contribution in [0.25, 0.3) is 0 Å². The molecule has 0 radical (unpaired) electrons. The van der Waals surface area contributed by atoms with Gasteiger partial charge in [0.25, 0.3) is 0 Å². The zero-order chi connectivity index (χ0) is 10.6. The molecule has 3 heteroatoms. The highest BCUT2D eigenvalue weighted by molar-refractivity contribution is 6.08. The van der Waals surface area contributed by atoms with Crippen molar-refractivity contribution in [1.82, 2.24) is 0 Å². The van der Waals surface area contributed by atoms with Crippen LogP contribution in [-0.2, 0) is 4.79 Å². The van der Waals surface area contributed by atoms with Crippen LogP contribution < -0.4 is 10.2 Å². The lowest BCUT2D eigenvalue weighted by molar-refractivity contribution is -0.118. The molecule has 3 rings (SSSR count). The number of carbonyl (C=O) groups is 1. The van der Waals surface area contributed by atoms with Gasteiger partial charge < -0.3 is 10.2 Å². The lowest BCUT2D eigenvalue weighted by Gasteiger charge is -2.36. The Balaban J connectivity index is 2.19. The van der Waals surface area contributed by atoms with Crippen molar-refractivity contribution in [3.63, 3.8) is 0 Å². The molecule has 2 aliphatic rings. The van der Waals surface area contributed by atoms with Crippen molar-refractivity contribution >= 4 is 17.3 Å². The molecule has 1 saturated carbocycles. The Morgan fingerprint density at radius 1 is 1.40 bits per heavy atom. The summed E-state index contributed by atoms with van der Waals surface area (Å²) in [4.78, 5) is 14.1. The number of rotatable bonds is 0. The molecular weight excluding hydrogens is 188 g/mol. The van der Waals surface area contributed by atoms with Crippen LogP contribution in [0.4, 0.5) is 11.4 Å². The first-order valence-electron chi connectivity index (χ1n) is 5.30. The molecule has 1 aromatic rings. The first-order chi connectivity index (χ1) is 7.15. The maximum Gasteiger partial charge on any atom is 0.250 e. The zero-order valence-electron chi connectivity index (χ0n) is 9.00. The number of hydrogen-bond donors (Lipinski definition) is 1. The number of nitrogens with zero attached hydrogens (tertiary/aromatic N) is 1. The molecule has 1 aromatic carbocycles. The number of aryl methyl sites for hydroxylation is 1. The maximum absolute atomic E-state index is 11.9. The molecule has 0 aromatic heterocycles. The number of nitrogens with one attached hydrogen (secondary N) is 1. The quantitative estimate of drug-likeness (QED) is 0.697. The number of amides is 1. The Bertz CT molecular complexity index is 449. The number of carbonyl (C=O) groups excluding carboxylic acids is 1. The molecule has 0 saturated heterocycles. The normalized spacial score (nSPS) is 21.2. The van der Waals surface area contributed by atoms with Crippen molar-refractivity contribution in [2.45, 2.75) is 25.3 Å². The lowest BCUT2D eigenvalue weighted by atomic mass is 10.0. The zero-order valence-corrected chi connectivity index (χ0v) is 9.00. The van der Waals surface area contributed by atoms with E-state index in [1.807, 2.05) is 19.2 Å². The molecule has 1 aliphatic heterocycles.